The summed E-state index contributed by atoms with van der Waals surface area (Å²) in [6.45, 7) is 4.30. The number of aryl methyl sites for hydroxylation is 2. The molecule has 0 aliphatic carbocycles. The van der Waals surface area contributed by atoms with Crippen LogP contribution in [0.3, 0.4) is 0 Å². The maximum atomic E-state index is 11.4. The molecule has 0 aliphatic rings. The van der Waals surface area contributed by atoms with E-state index in [0.29, 0.717) is 13.0 Å². The van der Waals surface area contributed by atoms with Gasteiger partial charge in [0.25, 0.3) is 0 Å². The molecule has 1 N–H and O–H groups in total. The number of carboxylic acids is 1. The zero-order valence-electron chi connectivity index (χ0n) is 12.4. The van der Waals surface area contributed by atoms with Gasteiger partial charge in [0, 0.05) is 6.42 Å². The minimum Gasteiger partial charge on any atom is -0.479 e. The summed E-state index contributed by atoms with van der Waals surface area (Å²) >= 11 is 0. The van der Waals surface area contributed by atoms with E-state index in [1.165, 1.54) is 0 Å². The Morgan fingerprint density at radius 3 is 2.52 bits per heavy atom. The predicted molar refractivity (Wildman–Crippen MR) is 82.3 cm³/mol. The number of hydrogen-bond acceptors (Lipinski definition) is 2. The fourth-order valence-electron chi connectivity index (χ4n) is 2.21. The molecule has 0 saturated carbocycles. The lowest BCUT2D eigenvalue weighted by molar-refractivity contribution is -0.151. The summed E-state index contributed by atoms with van der Waals surface area (Å²) < 4.78 is 5.59. The van der Waals surface area contributed by atoms with Crippen LogP contribution < -0.4 is 0 Å². The number of aliphatic carboxylic acids is 1. The molecule has 2 rings (SSSR count). The van der Waals surface area contributed by atoms with Crippen LogP contribution in [0.1, 0.15) is 22.3 Å². The maximum Gasteiger partial charge on any atom is 0.333 e. The Labute approximate surface area is 125 Å². The highest BCUT2D eigenvalue weighted by molar-refractivity contribution is 5.72. The summed E-state index contributed by atoms with van der Waals surface area (Å²) in [7, 11) is 0. The number of hydrogen-bond donors (Lipinski definition) is 1. The molecule has 0 amide bonds. The third-order valence-electron chi connectivity index (χ3n) is 3.48. The van der Waals surface area contributed by atoms with Gasteiger partial charge in [0.05, 0.1) is 6.61 Å². The highest BCUT2D eigenvalue weighted by Gasteiger charge is 2.19. The van der Waals surface area contributed by atoms with Gasteiger partial charge in [-0.05, 0) is 30.5 Å². The number of carbonyl (C=O) groups is 1. The van der Waals surface area contributed by atoms with Crippen LogP contribution in [0.2, 0.25) is 0 Å². The van der Waals surface area contributed by atoms with Crippen LogP contribution in [0, 0.1) is 13.8 Å². The molecule has 0 aliphatic heterocycles. The summed E-state index contributed by atoms with van der Waals surface area (Å²) in [6, 6.07) is 15.7. The molecule has 0 unspecified atom stereocenters. The van der Waals surface area contributed by atoms with Crippen molar-refractivity contribution in [1.82, 2.24) is 0 Å². The fraction of sp³-hybridized carbons (Fsp3) is 0.278. The molecule has 1 atom stereocenters. The topological polar surface area (TPSA) is 46.5 Å². The second-order valence-corrected chi connectivity index (χ2v) is 5.26. The van der Waals surface area contributed by atoms with Crippen LogP contribution in [0.4, 0.5) is 0 Å². The van der Waals surface area contributed by atoms with Crippen molar-refractivity contribution < 1.29 is 14.6 Å². The molecule has 3 nitrogen and oxygen atoms in total. The molecule has 3 heteroatoms. The lowest BCUT2D eigenvalue weighted by atomic mass is 10.00. The molecule has 2 aromatic rings. The lowest BCUT2D eigenvalue weighted by Gasteiger charge is -2.15. The Kier molecular flexibility index (Phi) is 5.12. The van der Waals surface area contributed by atoms with Crippen molar-refractivity contribution in [3.8, 4) is 0 Å². The lowest BCUT2D eigenvalue weighted by Crippen LogP contribution is -2.26. The first-order valence-electron chi connectivity index (χ1n) is 7.00. The molecule has 2 aromatic carbocycles. The normalized spacial score (nSPS) is 12.1. The molecule has 0 aromatic heterocycles. The van der Waals surface area contributed by atoms with E-state index in [2.05, 4.69) is 0 Å². The smallest absolute Gasteiger partial charge is 0.333 e. The first-order chi connectivity index (χ1) is 10.1. The van der Waals surface area contributed by atoms with Gasteiger partial charge in [-0.3, -0.25) is 0 Å². The zero-order chi connectivity index (χ0) is 15.2. The molecule has 0 saturated heterocycles. The summed E-state index contributed by atoms with van der Waals surface area (Å²) in [5.41, 5.74) is 4.22. The number of ether oxygens (including phenoxy) is 1. The van der Waals surface area contributed by atoms with Gasteiger partial charge in [-0.2, -0.15) is 0 Å². The van der Waals surface area contributed by atoms with Crippen LogP contribution in [-0.4, -0.2) is 17.2 Å². The monoisotopic (exact) mass is 284 g/mol. The van der Waals surface area contributed by atoms with E-state index in [9.17, 15) is 9.90 Å². The molecule has 0 radical (unpaired) electrons. The highest BCUT2D eigenvalue weighted by Crippen LogP contribution is 2.15. The van der Waals surface area contributed by atoms with Crippen LogP contribution in [-0.2, 0) is 22.6 Å². The Morgan fingerprint density at radius 1 is 1.14 bits per heavy atom. The zero-order valence-corrected chi connectivity index (χ0v) is 12.4. The third kappa shape index (κ3) is 4.43. The Morgan fingerprint density at radius 2 is 1.86 bits per heavy atom. The van der Waals surface area contributed by atoms with Gasteiger partial charge in [0.1, 0.15) is 0 Å². The van der Waals surface area contributed by atoms with Crippen molar-refractivity contribution in [2.24, 2.45) is 0 Å². The average molecular weight is 284 g/mol. The molecular weight excluding hydrogens is 264 g/mol. The van der Waals surface area contributed by atoms with E-state index in [-0.39, 0.29) is 0 Å². The van der Waals surface area contributed by atoms with Crippen molar-refractivity contribution in [1.29, 1.82) is 0 Å². The van der Waals surface area contributed by atoms with Gasteiger partial charge >= 0.3 is 5.97 Å². The first-order valence-corrected chi connectivity index (χ1v) is 7.00. The summed E-state index contributed by atoms with van der Waals surface area (Å²) in [5, 5.41) is 9.35. The van der Waals surface area contributed by atoms with Crippen LogP contribution >= 0.6 is 0 Å². The van der Waals surface area contributed by atoms with E-state index in [4.69, 9.17) is 4.74 Å². The Hall–Kier alpha value is -2.13. The molecule has 0 fully saturated rings. The van der Waals surface area contributed by atoms with Crippen molar-refractivity contribution >= 4 is 5.97 Å². The first kappa shape index (κ1) is 15.3. The standard InChI is InChI=1S/C18H20O3/c1-13-8-9-14(2)16(10-13)11-17(18(19)20)21-12-15-6-4-3-5-7-15/h3-10,17H,11-12H2,1-2H3,(H,19,20)/t17-/m1/s1. The van der Waals surface area contributed by atoms with Gasteiger partial charge in [0.2, 0.25) is 0 Å². The third-order valence-corrected chi connectivity index (χ3v) is 3.48. The molecular formula is C18H20O3. The number of carboxylic acid groups (broad SMARTS) is 1. The maximum absolute atomic E-state index is 11.4. The quantitative estimate of drug-likeness (QED) is 0.883. The summed E-state index contributed by atoms with van der Waals surface area (Å²) in [4.78, 5) is 11.4. The van der Waals surface area contributed by atoms with E-state index in [0.717, 1.165) is 22.3 Å². The number of benzene rings is 2. The van der Waals surface area contributed by atoms with Gasteiger partial charge in [-0.25, -0.2) is 4.79 Å². The molecule has 21 heavy (non-hydrogen) atoms. The minimum absolute atomic E-state index is 0.308. The van der Waals surface area contributed by atoms with E-state index in [1.807, 2.05) is 62.4 Å². The van der Waals surface area contributed by atoms with E-state index < -0.39 is 12.1 Å². The largest absolute Gasteiger partial charge is 0.479 e. The van der Waals surface area contributed by atoms with Crippen LogP contribution in [0.25, 0.3) is 0 Å². The fourth-order valence-corrected chi connectivity index (χ4v) is 2.21. The van der Waals surface area contributed by atoms with Gasteiger partial charge in [0.15, 0.2) is 6.10 Å². The number of rotatable bonds is 6. The second-order valence-electron chi connectivity index (χ2n) is 5.26. The van der Waals surface area contributed by atoms with Crippen LogP contribution in [0.15, 0.2) is 48.5 Å². The van der Waals surface area contributed by atoms with Crippen molar-refractivity contribution in [3.05, 3.63) is 70.8 Å². The van der Waals surface area contributed by atoms with Crippen LogP contribution in [0.5, 0.6) is 0 Å². The Bertz CT molecular complexity index is 605. The Balaban J connectivity index is 2.05. The van der Waals surface area contributed by atoms with Gasteiger partial charge in [-0.15, -0.1) is 0 Å². The second kappa shape index (κ2) is 7.04. The SMILES string of the molecule is Cc1ccc(C)c(C[C@@H](OCc2ccccc2)C(=O)O)c1. The molecule has 0 heterocycles. The van der Waals surface area contributed by atoms with Crippen molar-refractivity contribution in [3.63, 3.8) is 0 Å². The molecule has 110 valence electrons. The van der Waals surface area contributed by atoms with Gasteiger partial charge in [-0.1, -0.05) is 54.1 Å². The van der Waals surface area contributed by atoms with Gasteiger partial charge < -0.3 is 9.84 Å². The van der Waals surface area contributed by atoms with E-state index >= 15 is 0 Å². The predicted octanol–water partition coefficient (Wildman–Crippen LogP) is 3.52. The summed E-state index contributed by atoms with van der Waals surface area (Å²) in [6.07, 6.45) is -0.443. The van der Waals surface area contributed by atoms with Crippen molar-refractivity contribution in [2.45, 2.75) is 33.0 Å². The average Bonchev–Trinajstić information content (AvgIpc) is 2.47. The minimum atomic E-state index is -0.924. The molecule has 0 spiro atoms. The summed E-state index contributed by atoms with van der Waals surface area (Å²) in [5.74, 6) is -0.924. The van der Waals surface area contributed by atoms with Crippen molar-refractivity contribution in [2.75, 3.05) is 0 Å². The molecule has 0 bridgehead atoms. The highest BCUT2D eigenvalue weighted by atomic mass is 16.5. The van der Waals surface area contributed by atoms with E-state index in [1.54, 1.807) is 0 Å².